The van der Waals surface area contributed by atoms with E-state index in [0.29, 0.717) is 0 Å². The van der Waals surface area contributed by atoms with Crippen LogP contribution in [0.1, 0.15) is 26.3 Å². The highest BCUT2D eigenvalue weighted by atomic mass is 19.4. The summed E-state index contributed by atoms with van der Waals surface area (Å²) in [5.41, 5.74) is -4.23. The van der Waals surface area contributed by atoms with Gasteiger partial charge in [-0.1, -0.05) is 12.1 Å². The molecule has 25 heavy (non-hydrogen) atoms. The van der Waals surface area contributed by atoms with E-state index in [1.165, 1.54) is 24.0 Å². The molecule has 0 spiro atoms. The third-order valence-corrected chi connectivity index (χ3v) is 3.38. The maximum atomic E-state index is 13.3. The average Bonchev–Trinajstić information content (AvgIpc) is 2.54. The number of halogens is 3. The minimum Gasteiger partial charge on any atom is -0.463 e. The van der Waals surface area contributed by atoms with Crippen molar-refractivity contribution >= 4 is 17.7 Å². The molecule has 0 aromatic heterocycles. The van der Waals surface area contributed by atoms with Crippen LogP contribution >= 0.6 is 0 Å². The van der Waals surface area contributed by atoms with Crippen LogP contribution in [0.3, 0.4) is 0 Å². The molecule has 1 aromatic carbocycles. The van der Waals surface area contributed by atoms with Gasteiger partial charge < -0.3 is 14.6 Å². The number of anilines is 1. The van der Waals surface area contributed by atoms with E-state index in [1.807, 2.05) is 0 Å². The van der Waals surface area contributed by atoms with Crippen LogP contribution in [-0.2, 0) is 19.9 Å². The fourth-order valence-corrected chi connectivity index (χ4v) is 2.13. The van der Waals surface area contributed by atoms with Gasteiger partial charge in [0.1, 0.15) is 0 Å². The van der Waals surface area contributed by atoms with Gasteiger partial charge in [-0.3, -0.25) is 4.90 Å². The molecule has 0 fully saturated rings. The lowest BCUT2D eigenvalue weighted by Gasteiger charge is -2.29. The predicted molar refractivity (Wildman–Crippen MR) is 83.1 cm³/mol. The Morgan fingerprint density at radius 2 is 1.56 bits per heavy atom. The number of carbonyl (C=O) groups is 2. The Labute approximate surface area is 143 Å². The molecule has 1 atom stereocenters. The largest absolute Gasteiger partial charge is 0.463 e. The highest BCUT2D eigenvalue weighted by molar-refractivity contribution is 5.88. The van der Waals surface area contributed by atoms with E-state index < -0.39 is 29.4 Å². The fraction of sp³-hybridized carbons (Fsp3) is 0.500. The molecule has 0 bridgehead atoms. The van der Waals surface area contributed by atoms with Crippen molar-refractivity contribution in [1.82, 2.24) is 0 Å². The van der Waals surface area contributed by atoms with Crippen LogP contribution in [0.5, 0.6) is 0 Å². The molecule has 0 heterocycles. The molecule has 1 rings (SSSR count). The summed E-state index contributed by atoms with van der Waals surface area (Å²) in [5, 5.41) is 9.99. The van der Waals surface area contributed by atoms with Gasteiger partial charge in [-0.25, -0.2) is 9.59 Å². The fourth-order valence-electron chi connectivity index (χ4n) is 2.13. The second kappa shape index (κ2) is 8.19. The number of benzene rings is 1. The van der Waals surface area contributed by atoms with E-state index in [2.05, 4.69) is 4.74 Å². The van der Waals surface area contributed by atoms with E-state index in [4.69, 9.17) is 4.74 Å². The summed E-state index contributed by atoms with van der Waals surface area (Å²) in [6.45, 7) is 4.66. The molecule has 9 heteroatoms. The summed E-state index contributed by atoms with van der Waals surface area (Å²) >= 11 is 0. The standard InChI is InChI=1S/C16H20F3NO5/c1-4-20(14(22)25-6-3)12-9-7-11(8-10-12)15(23,16(17,18)19)13(21)24-5-2/h7-10,23H,4-6H2,1-3H3/t15-/m0/s1. The summed E-state index contributed by atoms with van der Waals surface area (Å²) < 4.78 is 49.1. The zero-order valence-corrected chi connectivity index (χ0v) is 14.1. The molecule has 6 nitrogen and oxygen atoms in total. The molecule has 1 N–H and O–H groups in total. The molecule has 1 aromatic rings. The molecule has 0 radical (unpaired) electrons. The summed E-state index contributed by atoms with van der Waals surface area (Å²) in [5.74, 6) is -1.81. The second-order valence-corrected chi connectivity index (χ2v) is 4.92. The number of ether oxygens (including phenoxy) is 2. The lowest BCUT2D eigenvalue weighted by Crippen LogP contribution is -2.50. The topological polar surface area (TPSA) is 76.1 Å². The van der Waals surface area contributed by atoms with E-state index in [1.54, 1.807) is 13.8 Å². The van der Waals surface area contributed by atoms with Crippen molar-refractivity contribution in [2.75, 3.05) is 24.7 Å². The number of alkyl halides is 3. The van der Waals surface area contributed by atoms with E-state index in [0.717, 1.165) is 12.1 Å². The van der Waals surface area contributed by atoms with Gasteiger partial charge in [0, 0.05) is 17.8 Å². The smallest absolute Gasteiger partial charge is 0.432 e. The number of esters is 1. The Bertz CT molecular complexity index is 603. The first-order valence-electron chi connectivity index (χ1n) is 7.64. The lowest BCUT2D eigenvalue weighted by atomic mass is 9.93. The van der Waals surface area contributed by atoms with Crippen LogP contribution in [0.2, 0.25) is 0 Å². The average molecular weight is 363 g/mol. The highest BCUT2D eigenvalue weighted by Crippen LogP contribution is 2.40. The van der Waals surface area contributed by atoms with Crippen molar-refractivity contribution in [3.8, 4) is 0 Å². The number of hydrogen-bond donors (Lipinski definition) is 1. The van der Waals surface area contributed by atoms with Crippen molar-refractivity contribution in [3.05, 3.63) is 29.8 Å². The number of rotatable bonds is 6. The molecule has 0 aliphatic carbocycles. The lowest BCUT2D eigenvalue weighted by molar-refractivity contribution is -0.267. The maximum absolute atomic E-state index is 13.3. The molecule has 0 saturated carbocycles. The Kier molecular flexibility index (Phi) is 6.80. The molecule has 0 saturated heterocycles. The SMILES string of the molecule is CCOC(=O)N(CC)c1ccc([C@](O)(C(=O)OCC)C(F)(F)F)cc1. The van der Waals surface area contributed by atoms with E-state index >= 15 is 0 Å². The van der Waals surface area contributed by atoms with Crippen molar-refractivity contribution in [1.29, 1.82) is 0 Å². The summed E-state index contributed by atoms with van der Waals surface area (Å²) in [6.07, 6.45) is -5.93. The molecule has 1 amide bonds. The van der Waals surface area contributed by atoms with Crippen molar-refractivity contribution in [2.24, 2.45) is 0 Å². The van der Waals surface area contributed by atoms with E-state index in [-0.39, 0.29) is 25.4 Å². The van der Waals surface area contributed by atoms with Crippen LogP contribution in [0.25, 0.3) is 0 Å². The summed E-state index contributed by atoms with van der Waals surface area (Å²) in [6, 6.07) is 4.21. The van der Waals surface area contributed by atoms with Crippen LogP contribution in [0, 0.1) is 0 Å². The molecule has 140 valence electrons. The van der Waals surface area contributed by atoms with Gasteiger partial charge in [0.2, 0.25) is 0 Å². The van der Waals surface area contributed by atoms with Crippen molar-refractivity contribution in [3.63, 3.8) is 0 Å². The normalized spacial score (nSPS) is 13.7. The number of hydrogen-bond acceptors (Lipinski definition) is 5. The number of aliphatic hydroxyl groups is 1. The van der Waals surface area contributed by atoms with Gasteiger partial charge in [-0.05, 0) is 32.9 Å². The third kappa shape index (κ3) is 4.22. The quantitative estimate of drug-likeness (QED) is 0.787. The van der Waals surface area contributed by atoms with Crippen LogP contribution < -0.4 is 4.90 Å². The zero-order chi connectivity index (χ0) is 19.3. The van der Waals surface area contributed by atoms with Crippen LogP contribution in [-0.4, -0.2) is 43.1 Å². The molecule has 0 aliphatic heterocycles. The summed E-state index contributed by atoms with van der Waals surface area (Å²) in [4.78, 5) is 24.7. The Hall–Kier alpha value is -2.29. The van der Waals surface area contributed by atoms with Gasteiger partial charge >= 0.3 is 18.2 Å². The number of carbonyl (C=O) groups excluding carboxylic acids is 2. The monoisotopic (exact) mass is 363 g/mol. The Morgan fingerprint density at radius 3 is 1.96 bits per heavy atom. The predicted octanol–water partition coefficient (Wildman–Crippen LogP) is 2.98. The first-order valence-corrected chi connectivity index (χ1v) is 7.64. The second-order valence-electron chi connectivity index (χ2n) is 4.92. The Morgan fingerprint density at radius 1 is 1.04 bits per heavy atom. The molecular formula is C16H20F3NO5. The van der Waals surface area contributed by atoms with Gasteiger partial charge in [0.15, 0.2) is 0 Å². The molecular weight excluding hydrogens is 343 g/mol. The Balaban J connectivity index is 3.25. The summed E-state index contributed by atoms with van der Waals surface area (Å²) in [7, 11) is 0. The third-order valence-electron chi connectivity index (χ3n) is 3.38. The maximum Gasteiger partial charge on any atom is 0.432 e. The number of nitrogens with zero attached hydrogens (tertiary/aromatic N) is 1. The molecule has 0 unspecified atom stereocenters. The van der Waals surface area contributed by atoms with E-state index in [9.17, 15) is 27.9 Å². The zero-order valence-electron chi connectivity index (χ0n) is 14.1. The van der Waals surface area contributed by atoms with Gasteiger partial charge in [-0.2, -0.15) is 13.2 Å². The van der Waals surface area contributed by atoms with Gasteiger partial charge in [0.25, 0.3) is 5.60 Å². The molecule has 0 aliphatic rings. The van der Waals surface area contributed by atoms with Crippen LogP contribution in [0.15, 0.2) is 24.3 Å². The van der Waals surface area contributed by atoms with Crippen LogP contribution in [0.4, 0.5) is 23.7 Å². The van der Waals surface area contributed by atoms with Crippen molar-refractivity contribution in [2.45, 2.75) is 32.5 Å². The number of amides is 1. The van der Waals surface area contributed by atoms with Crippen molar-refractivity contribution < 1.29 is 37.3 Å². The van der Waals surface area contributed by atoms with Gasteiger partial charge in [0.05, 0.1) is 13.2 Å². The first-order chi connectivity index (χ1) is 11.6. The minimum atomic E-state index is -5.27. The van der Waals surface area contributed by atoms with Gasteiger partial charge in [-0.15, -0.1) is 0 Å². The minimum absolute atomic E-state index is 0.143. The first kappa shape index (κ1) is 20.8. The highest BCUT2D eigenvalue weighted by Gasteiger charge is 2.62.